The number of rotatable bonds is 1. The highest BCUT2D eigenvalue weighted by atomic mass is 35.5. The van der Waals surface area contributed by atoms with Gasteiger partial charge in [-0.15, -0.1) is 0 Å². The van der Waals surface area contributed by atoms with Gasteiger partial charge < -0.3 is 10.5 Å². The van der Waals surface area contributed by atoms with Crippen molar-refractivity contribution < 1.29 is 9.13 Å². The average Bonchev–Trinajstić information content (AvgIpc) is 3.23. The van der Waals surface area contributed by atoms with Crippen LogP contribution in [0.1, 0.15) is 67.5 Å². The van der Waals surface area contributed by atoms with Gasteiger partial charge in [-0.1, -0.05) is 11.6 Å². The van der Waals surface area contributed by atoms with Crippen molar-refractivity contribution in [2.75, 3.05) is 5.73 Å². The predicted octanol–water partition coefficient (Wildman–Crippen LogP) is 5.76. The Balaban J connectivity index is 1.60. The molecule has 1 aliphatic heterocycles. The Morgan fingerprint density at radius 2 is 2.06 bits per heavy atom. The van der Waals surface area contributed by atoms with E-state index in [1.165, 1.54) is 17.3 Å². The van der Waals surface area contributed by atoms with Crippen LogP contribution in [0.25, 0.3) is 22.5 Å². The maximum atomic E-state index is 14.8. The van der Waals surface area contributed by atoms with Crippen molar-refractivity contribution >= 4 is 17.4 Å². The molecule has 4 aromatic rings. The molecule has 2 bridgehead atoms. The van der Waals surface area contributed by atoms with E-state index < -0.39 is 11.9 Å². The summed E-state index contributed by atoms with van der Waals surface area (Å²) in [5.41, 5.74) is 13.9. The molecule has 9 heteroatoms. The van der Waals surface area contributed by atoms with Gasteiger partial charge in [0.1, 0.15) is 11.9 Å². The summed E-state index contributed by atoms with van der Waals surface area (Å²) in [6.07, 6.45) is 6.52. The van der Waals surface area contributed by atoms with Gasteiger partial charge in [-0.05, 0) is 51.3 Å². The quantitative estimate of drug-likeness (QED) is 0.356. The van der Waals surface area contributed by atoms with Crippen molar-refractivity contribution in [2.24, 2.45) is 7.05 Å². The maximum absolute atomic E-state index is 14.8. The van der Waals surface area contributed by atoms with E-state index >= 15 is 0 Å². The molecular weight excluding hydrogens is 479 g/mol. The molecule has 0 radical (unpaired) electrons. The first-order valence-corrected chi connectivity index (χ1v) is 12.7. The van der Waals surface area contributed by atoms with Crippen LogP contribution >= 0.6 is 11.6 Å². The van der Waals surface area contributed by atoms with Gasteiger partial charge in [0.2, 0.25) is 0 Å². The Kier molecular flexibility index (Phi) is 4.44. The van der Waals surface area contributed by atoms with Crippen LogP contribution in [0, 0.1) is 5.82 Å². The minimum atomic E-state index is -0.596. The molecule has 1 saturated carbocycles. The van der Waals surface area contributed by atoms with E-state index in [2.05, 4.69) is 22.8 Å². The smallest absolute Gasteiger partial charge is 0.166 e. The number of halogens is 2. The number of ether oxygens (including phenoxy) is 1. The van der Waals surface area contributed by atoms with E-state index in [0.717, 1.165) is 53.9 Å². The summed E-state index contributed by atoms with van der Waals surface area (Å²) in [5, 5.41) is 10.0. The first-order chi connectivity index (χ1) is 17.3. The number of anilines is 1. The largest absolute Gasteiger partial charge is 0.482 e. The van der Waals surface area contributed by atoms with Crippen LogP contribution in [0.2, 0.25) is 5.02 Å². The standard InChI is InChI=1S/C27H26ClFN6O/c1-4-35-24-14-9-19(26(30)31-11-14)36-13(2)20-15(5-6-18(29)22(20)28)23-17(12-34(3)32-23)16-10-27(7-8-27)25(33-35)21(16)24/h5-6,9,11-13,16H,4,7-8,10H2,1-3H3,(H2,30,31)/t13-,16?/m1/s1. The minimum absolute atomic E-state index is 0.0293. The van der Waals surface area contributed by atoms with Crippen LogP contribution < -0.4 is 10.5 Å². The van der Waals surface area contributed by atoms with Crippen LogP contribution in [0.3, 0.4) is 0 Å². The van der Waals surface area contributed by atoms with Gasteiger partial charge in [-0.2, -0.15) is 10.2 Å². The molecule has 4 heterocycles. The lowest BCUT2D eigenvalue weighted by Crippen LogP contribution is -2.12. The highest BCUT2D eigenvalue weighted by molar-refractivity contribution is 6.32. The zero-order valence-corrected chi connectivity index (χ0v) is 21.1. The molecular formula is C27H26ClFN6O. The Morgan fingerprint density at radius 3 is 2.81 bits per heavy atom. The van der Waals surface area contributed by atoms with E-state index in [4.69, 9.17) is 32.3 Å². The summed E-state index contributed by atoms with van der Waals surface area (Å²) >= 11 is 6.59. The van der Waals surface area contributed by atoms with Crippen LogP contribution in [0.4, 0.5) is 10.2 Å². The van der Waals surface area contributed by atoms with Gasteiger partial charge in [0.25, 0.3) is 0 Å². The van der Waals surface area contributed by atoms with E-state index in [1.54, 1.807) is 12.3 Å². The van der Waals surface area contributed by atoms with E-state index in [9.17, 15) is 4.39 Å². The lowest BCUT2D eigenvalue weighted by atomic mass is 9.87. The molecule has 2 aliphatic carbocycles. The molecule has 1 aromatic carbocycles. The molecule has 2 atom stereocenters. The second-order valence-corrected chi connectivity index (χ2v) is 10.6. The van der Waals surface area contributed by atoms with E-state index in [-0.39, 0.29) is 22.2 Å². The topological polar surface area (TPSA) is 83.8 Å². The number of aryl methyl sites for hydroxylation is 2. The molecule has 2 N–H and O–H groups in total. The van der Waals surface area contributed by atoms with Gasteiger partial charge in [-0.3, -0.25) is 9.36 Å². The molecule has 0 amide bonds. The lowest BCUT2D eigenvalue weighted by molar-refractivity contribution is 0.228. The number of pyridine rings is 1. The molecule has 36 heavy (non-hydrogen) atoms. The summed E-state index contributed by atoms with van der Waals surface area (Å²) in [5.74, 6) is 0.294. The highest BCUT2D eigenvalue weighted by Crippen LogP contribution is 2.64. The van der Waals surface area contributed by atoms with Crippen LogP contribution in [0.5, 0.6) is 5.75 Å². The molecule has 7 nitrogen and oxygen atoms in total. The normalized spacial score (nSPS) is 20.7. The van der Waals surface area contributed by atoms with Crippen molar-refractivity contribution in [1.82, 2.24) is 24.5 Å². The summed E-state index contributed by atoms with van der Waals surface area (Å²) < 4.78 is 25.0. The Morgan fingerprint density at radius 1 is 1.25 bits per heavy atom. The second kappa shape index (κ2) is 7.32. The summed E-state index contributed by atoms with van der Waals surface area (Å²) in [7, 11) is 1.92. The van der Waals surface area contributed by atoms with Crippen molar-refractivity contribution in [1.29, 1.82) is 0 Å². The average molecular weight is 505 g/mol. The van der Waals surface area contributed by atoms with Gasteiger partial charge in [-0.25, -0.2) is 9.37 Å². The minimum Gasteiger partial charge on any atom is -0.482 e. The first kappa shape index (κ1) is 21.9. The number of fused-ring (bicyclic) bond motifs is 8. The highest BCUT2D eigenvalue weighted by Gasteiger charge is 2.56. The summed E-state index contributed by atoms with van der Waals surface area (Å²) in [6, 6.07) is 5.08. The predicted molar refractivity (Wildman–Crippen MR) is 136 cm³/mol. The Hall–Kier alpha value is -3.39. The van der Waals surface area contributed by atoms with Gasteiger partial charge in [0.05, 0.1) is 22.1 Å². The molecule has 1 fully saturated rings. The monoisotopic (exact) mass is 504 g/mol. The molecule has 1 spiro atoms. The van der Waals surface area contributed by atoms with Crippen molar-refractivity contribution in [2.45, 2.75) is 57.1 Å². The van der Waals surface area contributed by atoms with Crippen molar-refractivity contribution in [3.8, 4) is 28.3 Å². The SMILES string of the molecule is CCn1nc2c3c1-c1cnc(N)c(c1)O[C@H](C)c1c(ccc(F)c1Cl)-c1nn(C)cc1C3CC21CC1. The molecule has 0 saturated heterocycles. The maximum Gasteiger partial charge on any atom is 0.166 e. The lowest BCUT2D eigenvalue weighted by Gasteiger charge is -2.23. The van der Waals surface area contributed by atoms with E-state index in [1.807, 2.05) is 24.7 Å². The van der Waals surface area contributed by atoms with Crippen LogP contribution in [-0.2, 0) is 19.0 Å². The van der Waals surface area contributed by atoms with Crippen LogP contribution in [0.15, 0.2) is 30.6 Å². The zero-order valence-electron chi connectivity index (χ0n) is 20.3. The molecule has 1 unspecified atom stereocenters. The van der Waals surface area contributed by atoms with Gasteiger partial charge >= 0.3 is 0 Å². The third-order valence-corrected chi connectivity index (χ3v) is 8.46. The van der Waals surface area contributed by atoms with Gasteiger partial charge in [0, 0.05) is 65.1 Å². The Bertz CT molecular complexity index is 1570. The van der Waals surface area contributed by atoms with Crippen LogP contribution in [-0.4, -0.2) is 24.5 Å². The number of nitrogens with two attached hydrogens (primary N) is 1. The Labute approximate surface area is 213 Å². The van der Waals surface area contributed by atoms with Crippen molar-refractivity contribution in [3.63, 3.8) is 0 Å². The fourth-order valence-corrected chi connectivity index (χ4v) is 6.57. The fourth-order valence-electron chi connectivity index (χ4n) is 6.25. The number of aromatic nitrogens is 5. The first-order valence-electron chi connectivity index (χ1n) is 12.4. The third-order valence-electron chi connectivity index (χ3n) is 8.07. The van der Waals surface area contributed by atoms with Gasteiger partial charge in [0.15, 0.2) is 11.6 Å². The fraction of sp³-hybridized carbons (Fsp3) is 0.370. The molecule has 184 valence electrons. The summed E-state index contributed by atoms with van der Waals surface area (Å²) in [6.45, 7) is 4.69. The zero-order chi connectivity index (χ0) is 24.9. The number of hydrogen-bond acceptors (Lipinski definition) is 5. The van der Waals surface area contributed by atoms with Crippen molar-refractivity contribution in [3.05, 3.63) is 63.8 Å². The third kappa shape index (κ3) is 2.88. The van der Waals surface area contributed by atoms with E-state index in [0.29, 0.717) is 11.3 Å². The molecule has 3 aliphatic rings. The number of benzene rings is 1. The number of hydrogen-bond donors (Lipinski definition) is 1. The molecule has 3 aromatic heterocycles. The molecule has 7 rings (SSSR count). The second-order valence-electron chi connectivity index (χ2n) is 10.3. The summed E-state index contributed by atoms with van der Waals surface area (Å²) in [4.78, 5) is 4.48. The number of nitrogen functional groups attached to an aromatic ring is 1. The number of nitrogens with zero attached hydrogens (tertiary/aromatic N) is 5.